The minimum absolute atomic E-state index is 0.0537. The summed E-state index contributed by atoms with van der Waals surface area (Å²) in [7, 11) is 1.81. The first kappa shape index (κ1) is 16.0. The lowest BCUT2D eigenvalue weighted by Crippen LogP contribution is -2.57. The number of piperazine rings is 1. The van der Waals surface area contributed by atoms with E-state index in [0.717, 1.165) is 23.7 Å². The van der Waals surface area contributed by atoms with Crippen molar-refractivity contribution in [2.24, 2.45) is 0 Å². The smallest absolute Gasteiger partial charge is 0.254 e. The molecular formula is C16H21BrN2O2. The molecule has 0 N–H and O–H groups in total. The average Bonchev–Trinajstić information content (AvgIpc) is 2.48. The molecule has 0 aliphatic carbocycles. The summed E-state index contributed by atoms with van der Waals surface area (Å²) in [5.41, 5.74) is 0.628. The number of benzene rings is 1. The minimum atomic E-state index is -0.324. The fourth-order valence-corrected chi connectivity index (χ4v) is 3.02. The zero-order valence-electron chi connectivity index (χ0n) is 12.5. The van der Waals surface area contributed by atoms with Crippen molar-refractivity contribution in [2.75, 3.05) is 20.1 Å². The first-order valence-corrected chi connectivity index (χ1v) is 8.15. The van der Waals surface area contributed by atoms with Crippen molar-refractivity contribution in [1.82, 2.24) is 9.80 Å². The van der Waals surface area contributed by atoms with Gasteiger partial charge in [-0.2, -0.15) is 0 Å². The predicted molar refractivity (Wildman–Crippen MR) is 86.1 cm³/mol. The molecule has 114 valence electrons. The monoisotopic (exact) mass is 352 g/mol. The van der Waals surface area contributed by atoms with Gasteiger partial charge in [-0.1, -0.05) is 41.8 Å². The number of amides is 2. The van der Waals surface area contributed by atoms with E-state index in [-0.39, 0.29) is 17.9 Å². The van der Waals surface area contributed by atoms with Crippen molar-refractivity contribution in [3.05, 3.63) is 34.3 Å². The van der Waals surface area contributed by atoms with E-state index in [4.69, 9.17) is 0 Å². The molecule has 1 fully saturated rings. The number of likely N-dealkylation sites (N-methyl/N-ethyl adjacent to an activating group) is 1. The lowest BCUT2D eigenvalue weighted by atomic mass is 10.0. The summed E-state index contributed by atoms with van der Waals surface area (Å²) in [5.74, 6) is -0.00287. The summed E-state index contributed by atoms with van der Waals surface area (Å²) in [6.07, 6.45) is 2.71. The van der Waals surface area contributed by atoms with Crippen molar-refractivity contribution in [1.29, 1.82) is 0 Å². The van der Waals surface area contributed by atoms with Crippen LogP contribution in [-0.4, -0.2) is 47.8 Å². The van der Waals surface area contributed by atoms with Crippen LogP contribution in [0.15, 0.2) is 28.7 Å². The van der Waals surface area contributed by atoms with Crippen LogP contribution in [0.25, 0.3) is 0 Å². The Labute approximate surface area is 134 Å². The number of hydrogen-bond donors (Lipinski definition) is 0. The van der Waals surface area contributed by atoms with Crippen LogP contribution in [0.1, 0.15) is 36.5 Å². The highest BCUT2D eigenvalue weighted by molar-refractivity contribution is 9.10. The third-order valence-electron chi connectivity index (χ3n) is 3.88. The largest absolute Gasteiger partial charge is 0.342 e. The highest BCUT2D eigenvalue weighted by atomic mass is 79.9. The van der Waals surface area contributed by atoms with Gasteiger partial charge in [-0.05, 0) is 24.6 Å². The highest BCUT2D eigenvalue weighted by Gasteiger charge is 2.35. The molecule has 1 aromatic carbocycles. The molecule has 0 spiro atoms. The second kappa shape index (κ2) is 7.07. The molecule has 1 atom stereocenters. The summed E-state index contributed by atoms with van der Waals surface area (Å²) < 4.78 is 0.874. The molecule has 1 aliphatic rings. The normalized spacial score (nSPS) is 19.0. The van der Waals surface area contributed by atoms with Crippen LogP contribution < -0.4 is 0 Å². The molecule has 1 aromatic rings. The van der Waals surface area contributed by atoms with Gasteiger partial charge in [0.05, 0.1) is 0 Å². The van der Waals surface area contributed by atoms with Crippen LogP contribution in [0.2, 0.25) is 0 Å². The van der Waals surface area contributed by atoms with E-state index in [2.05, 4.69) is 22.9 Å². The SMILES string of the molecule is CCCCC1C(=O)N(C)CCN1C(=O)c1cccc(Br)c1. The van der Waals surface area contributed by atoms with Gasteiger partial charge in [0, 0.05) is 30.2 Å². The number of rotatable bonds is 4. The van der Waals surface area contributed by atoms with Gasteiger partial charge in [-0.25, -0.2) is 0 Å². The topological polar surface area (TPSA) is 40.6 Å². The molecule has 0 bridgehead atoms. The first-order valence-electron chi connectivity index (χ1n) is 7.36. The molecule has 1 heterocycles. The van der Waals surface area contributed by atoms with E-state index in [9.17, 15) is 9.59 Å². The molecular weight excluding hydrogens is 332 g/mol. The Morgan fingerprint density at radius 2 is 2.14 bits per heavy atom. The second-order valence-corrected chi connectivity index (χ2v) is 6.34. The molecule has 5 heteroatoms. The van der Waals surface area contributed by atoms with Crippen molar-refractivity contribution >= 4 is 27.7 Å². The molecule has 0 radical (unpaired) electrons. The standard InChI is InChI=1S/C16H21BrN2O2/c1-3-4-8-14-16(21)18(2)9-10-19(14)15(20)12-6-5-7-13(17)11-12/h5-7,11,14H,3-4,8-10H2,1-2H3. The van der Waals surface area contributed by atoms with Crippen LogP contribution >= 0.6 is 15.9 Å². The molecule has 21 heavy (non-hydrogen) atoms. The Hall–Kier alpha value is -1.36. The Bertz CT molecular complexity index is 533. The molecule has 1 unspecified atom stereocenters. The Kier molecular flexibility index (Phi) is 5.39. The van der Waals surface area contributed by atoms with E-state index >= 15 is 0 Å². The van der Waals surface area contributed by atoms with Gasteiger partial charge in [0.25, 0.3) is 5.91 Å². The van der Waals surface area contributed by atoms with E-state index in [1.54, 1.807) is 15.9 Å². The maximum absolute atomic E-state index is 12.7. The van der Waals surface area contributed by atoms with Crippen LogP contribution in [0.4, 0.5) is 0 Å². The van der Waals surface area contributed by atoms with Gasteiger partial charge in [-0.15, -0.1) is 0 Å². The minimum Gasteiger partial charge on any atom is -0.342 e. The van der Waals surface area contributed by atoms with E-state index < -0.39 is 0 Å². The van der Waals surface area contributed by atoms with Crippen molar-refractivity contribution in [2.45, 2.75) is 32.2 Å². The average molecular weight is 353 g/mol. The van der Waals surface area contributed by atoms with Crippen molar-refractivity contribution < 1.29 is 9.59 Å². The number of carbonyl (C=O) groups excluding carboxylic acids is 2. The Morgan fingerprint density at radius 1 is 1.38 bits per heavy atom. The molecule has 0 saturated carbocycles. The summed E-state index contributed by atoms with van der Waals surface area (Å²) in [4.78, 5) is 28.5. The van der Waals surface area contributed by atoms with Crippen molar-refractivity contribution in [3.8, 4) is 0 Å². The first-order chi connectivity index (χ1) is 10.0. The highest BCUT2D eigenvalue weighted by Crippen LogP contribution is 2.20. The fraction of sp³-hybridized carbons (Fsp3) is 0.500. The van der Waals surface area contributed by atoms with E-state index in [1.165, 1.54) is 0 Å². The van der Waals surface area contributed by atoms with Crippen LogP contribution in [-0.2, 0) is 4.79 Å². The molecule has 4 nitrogen and oxygen atoms in total. The summed E-state index contributed by atoms with van der Waals surface area (Å²) >= 11 is 3.39. The number of nitrogens with zero attached hydrogens (tertiary/aromatic N) is 2. The zero-order chi connectivity index (χ0) is 15.4. The Morgan fingerprint density at radius 3 is 2.81 bits per heavy atom. The number of unbranched alkanes of at least 4 members (excludes halogenated alkanes) is 1. The van der Waals surface area contributed by atoms with Gasteiger partial charge in [0.1, 0.15) is 6.04 Å². The van der Waals surface area contributed by atoms with Crippen molar-refractivity contribution in [3.63, 3.8) is 0 Å². The molecule has 0 aromatic heterocycles. The zero-order valence-corrected chi connectivity index (χ0v) is 14.1. The fourth-order valence-electron chi connectivity index (χ4n) is 2.62. The van der Waals surface area contributed by atoms with Gasteiger partial charge < -0.3 is 9.80 Å². The second-order valence-electron chi connectivity index (χ2n) is 5.43. The summed E-state index contributed by atoms with van der Waals surface area (Å²) in [5, 5.41) is 0. The quantitative estimate of drug-likeness (QED) is 0.835. The lowest BCUT2D eigenvalue weighted by Gasteiger charge is -2.39. The third-order valence-corrected chi connectivity index (χ3v) is 4.37. The van der Waals surface area contributed by atoms with Crippen LogP contribution in [0.3, 0.4) is 0 Å². The van der Waals surface area contributed by atoms with Gasteiger partial charge in [0.2, 0.25) is 5.91 Å². The van der Waals surface area contributed by atoms with Crippen LogP contribution in [0, 0.1) is 0 Å². The molecule has 2 amide bonds. The Balaban J connectivity index is 2.22. The third kappa shape index (κ3) is 3.64. The number of carbonyl (C=O) groups is 2. The van der Waals surface area contributed by atoms with E-state index in [0.29, 0.717) is 18.7 Å². The molecule has 2 rings (SSSR count). The van der Waals surface area contributed by atoms with Gasteiger partial charge in [0.15, 0.2) is 0 Å². The summed E-state index contributed by atoms with van der Waals surface area (Å²) in [6, 6.07) is 7.01. The van der Waals surface area contributed by atoms with Crippen LogP contribution in [0.5, 0.6) is 0 Å². The maximum atomic E-state index is 12.7. The van der Waals surface area contributed by atoms with Gasteiger partial charge >= 0.3 is 0 Å². The van der Waals surface area contributed by atoms with Gasteiger partial charge in [-0.3, -0.25) is 9.59 Å². The molecule has 1 aliphatic heterocycles. The number of hydrogen-bond acceptors (Lipinski definition) is 2. The number of halogens is 1. The molecule has 1 saturated heterocycles. The van der Waals surface area contributed by atoms with E-state index in [1.807, 2.05) is 25.2 Å². The lowest BCUT2D eigenvalue weighted by molar-refractivity contribution is -0.138. The summed E-state index contributed by atoms with van der Waals surface area (Å²) in [6.45, 7) is 3.29. The predicted octanol–water partition coefficient (Wildman–Crippen LogP) is 2.92. The maximum Gasteiger partial charge on any atom is 0.254 e.